The molecule has 1 aliphatic rings. The van der Waals surface area contributed by atoms with Crippen molar-refractivity contribution >= 4 is 11.8 Å². The standard InChI is InChI=1S/C22H33N7O2/c1-15-12-16(2)24-22(23-15)29-18(4)19(17(3)25-29)13-20(30)28-9-7-8-27(10-11-28)14-21(31)26(5)6/h12H,7-11,13-14H2,1-6H3. The van der Waals surface area contributed by atoms with Gasteiger partial charge in [-0.15, -0.1) is 0 Å². The number of aryl methyl sites for hydroxylation is 3. The van der Waals surface area contributed by atoms with Crippen LogP contribution in [0.15, 0.2) is 6.07 Å². The number of likely N-dealkylation sites (N-methyl/N-ethyl adjacent to an activating group) is 1. The molecule has 9 heteroatoms. The van der Waals surface area contributed by atoms with Gasteiger partial charge in [0.2, 0.25) is 11.8 Å². The molecule has 3 rings (SSSR count). The van der Waals surface area contributed by atoms with E-state index >= 15 is 0 Å². The summed E-state index contributed by atoms with van der Waals surface area (Å²) in [6.45, 7) is 11.0. The number of rotatable bonds is 5. The quantitative estimate of drug-likeness (QED) is 0.709. The van der Waals surface area contributed by atoms with Crippen LogP contribution < -0.4 is 0 Å². The number of amides is 2. The van der Waals surface area contributed by atoms with Crippen LogP contribution >= 0.6 is 0 Å². The van der Waals surface area contributed by atoms with Gasteiger partial charge in [-0.1, -0.05) is 0 Å². The van der Waals surface area contributed by atoms with Crippen LogP contribution in [-0.4, -0.2) is 93.1 Å². The molecular weight excluding hydrogens is 394 g/mol. The molecule has 1 saturated heterocycles. The first-order valence-electron chi connectivity index (χ1n) is 10.7. The maximum Gasteiger partial charge on any atom is 0.251 e. The molecule has 0 spiro atoms. The lowest BCUT2D eigenvalue weighted by Crippen LogP contribution is -2.40. The number of hydrogen-bond acceptors (Lipinski definition) is 6. The van der Waals surface area contributed by atoms with Crippen molar-refractivity contribution in [1.29, 1.82) is 0 Å². The Balaban J connectivity index is 1.69. The van der Waals surface area contributed by atoms with Gasteiger partial charge in [-0.2, -0.15) is 5.10 Å². The van der Waals surface area contributed by atoms with Gasteiger partial charge in [0.25, 0.3) is 5.95 Å². The summed E-state index contributed by atoms with van der Waals surface area (Å²) in [5.74, 6) is 0.715. The van der Waals surface area contributed by atoms with Crippen LogP contribution in [0, 0.1) is 27.7 Å². The zero-order valence-electron chi connectivity index (χ0n) is 19.5. The lowest BCUT2D eigenvalue weighted by molar-refractivity contribution is -0.130. The third kappa shape index (κ3) is 5.46. The van der Waals surface area contributed by atoms with Gasteiger partial charge in [0.05, 0.1) is 18.7 Å². The maximum absolute atomic E-state index is 13.1. The average Bonchev–Trinajstić information content (AvgIpc) is 2.85. The lowest BCUT2D eigenvalue weighted by Gasteiger charge is -2.23. The number of aromatic nitrogens is 4. The smallest absolute Gasteiger partial charge is 0.251 e. The molecule has 0 atom stereocenters. The highest BCUT2D eigenvalue weighted by atomic mass is 16.2. The average molecular weight is 428 g/mol. The Bertz CT molecular complexity index is 947. The largest absolute Gasteiger partial charge is 0.348 e. The van der Waals surface area contributed by atoms with Crippen LogP contribution in [0.2, 0.25) is 0 Å². The van der Waals surface area contributed by atoms with E-state index < -0.39 is 0 Å². The van der Waals surface area contributed by atoms with Crippen molar-refractivity contribution in [2.75, 3.05) is 46.8 Å². The van der Waals surface area contributed by atoms with Crippen LogP contribution in [0.4, 0.5) is 0 Å². The van der Waals surface area contributed by atoms with Crippen molar-refractivity contribution in [3.8, 4) is 5.95 Å². The second-order valence-corrected chi connectivity index (χ2v) is 8.49. The maximum atomic E-state index is 13.1. The van der Waals surface area contributed by atoms with Crippen molar-refractivity contribution in [2.45, 2.75) is 40.5 Å². The fraction of sp³-hybridized carbons (Fsp3) is 0.591. The molecule has 0 N–H and O–H groups in total. The van der Waals surface area contributed by atoms with Gasteiger partial charge >= 0.3 is 0 Å². The minimum atomic E-state index is 0.0899. The van der Waals surface area contributed by atoms with E-state index in [1.807, 2.05) is 38.7 Å². The Morgan fingerprint density at radius 2 is 1.68 bits per heavy atom. The molecule has 0 aliphatic carbocycles. The Morgan fingerprint density at radius 1 is 1.00 bits per heavy atom. The van der Waals surface area contributed by atoms with Crippen molar-refractivity contribution in [3.05, 3.63) is 34.4 Å². The summed E-state index contributed by atoms with van der Waals surface area (Å²) in [6.07, 6.45) is 1.17. The van der Waals surface area contributed by atoms with E-state index in [-0.39, 0.29) is 11.8 Å². The molecule has 0 bridgehead atoms. The van der Waals surface area contributed by atoms with E-state index in [1.54, 1.807) is 23.7 Å². The van der Waals surface area contributed by atoms with E-state index in [9.17, 15) is 9.59 Å². The number of nitrogens with zero attached hydrogens (tertiary/aromatic N) is 7. The Labute approximate surface area is 184 Å². The van der Waals surface area contributed by atoms with Gasteiger partial charge in [0, 0.05) is 62.9 Å². The van der Waals surface area contributed by atoms with E-state index in [4.69, 9.17) is 0 Å². The molecule has 0 unspecified atom stereocenters. The number of carbonyl (C=O) groups is 2. The van der Waals surface area contributed by atoms with Crippen LogP contribution in [0.5, 0.6) is 0 Å². The minimum Gasteiger partial charge on any atom is -0.348 e. The summed E-state index contributed by atoms with van der Waals surface area (Å²) in [5.41, 5.74) is 4.41. The molecular formula is C22H33N7O2. The molecule has 31 heavy (non-hydrogen) atoms. The van der Waals surface area contributed by atoms with Gasteiger partial charge in [0.1, 0.15) is 0 Å². The van der Waals surface area contributed by atoms with Crippen molar-refractivity contribution < 1.29 is 9.59 Å². The van der Waals surface area contributed by atoms with Gasteiger partial charge < -0.3 is 9.80 Å². The number of hydrogen-bond donors (Lipinski definition) is 0. The molecule has 0 saturated carbocycles. The molecule has 2 aromatic heterocycles. The van der Waals surface area contributed by atoms with E-state index in [0.29, 0.717) is 38.5 Å². The third-order valence-corrected chi connectivity index (χ3v) is 5.73. The van der Waals surface area contributed by atoms with Crippen LogP contribution in [0.1, 0.15) is 34.8 Å². The predicted octanol–water partition coefficient (Wildman–Crippen LogP) is 1.06. The van der Waals surface area contributed by atoms with Crippen molar-refractivity contribution in [1.82, 2.24) is 34.4 Å². The van der Waals surface area contributed by atoms with Gasteiger partial charge in [-0.25, -0.2) is 14.6 Å². The van der Waals surface area contributed by atoms with Gasteiger partial charge in [0.15, 0.2) is 0 Å². The van der Waals surface area contributed by atoms with Crippen LogP contribution in [0.25, 0.3) is 5.95 Å². The SMILES string of the molecule is Cc1cc(C)nc(-n2nc(C)c(CC(=O)N3CCCN(CC(=O)N(C)C)CC3)c2C)n1. The summed E-state index contributed by atoms with van der Waals surface area (Å²) in [6, 6.07) is 1.92. The monoisotopic (exact) mass is 427 g/mol. The fourth-order valence-electron chi connectivity index (χ4n) is 3.90. The first-order chi connectivity index (χ1) is 14.7. The molecule has 168 valence electrons. The van der Waals surface area contributed by atoms with Gasteiger partial charge in [-0.05, 0) is 40.2 Å². The topological polar surface area (TPSA) is 87.5 Å². The zero-order valence-corrected chi connectivity index (χ0v) is 19.5. The highest BCUT2D eigenvalue weighted by Gasteiger charge is 2.24. The second-order valence-electron chi connectivity index (χ2n) is 8.49. The molecule has 0 aromatic carbocycles. The Hall–Kier alpha value is -2.81. The Morgan fingerprint density at radius 3 is 2.32 bits per heavy atom. The molecule has 1 aliphatic heterocycles. The van der Waals surface area contributed by atoms with Crippen molar-refractivity contribution in [3.63, 3.8) is 0 Å². The highest BCUT2D eigenvalue weighted by Crippen LogP contribution is 2.18. The van der Waals surface area contributed by atoms with E-state index in [2.05, 4.69) is 20.0 Å². The first-order valence-corrected chi connectivity index (χ1v) is 10.7. The Kier molecular flexibility index (Phi) is 7.04. The molecule has 2 aromatic rings. The first kappa shape index (κ1) is 22.9. The lowest BCUT2D eigenvalue weighted by atomic mass is 10.1. The molecule has 0 radical (unpaired) electrons. The predicted molar refractivity (Wildman–Crippen MR) is 118 cm³/mol. The van der Waals surface area contributed by atoms with Crippen molar-refractivity contribution in [2.24, 2.45) is 0 Å². The minimum absolute atomic E-state index is 0.0899. The molecule has 1 fully saturated rings. The van der Waals surface area contributed by atoms with E-state index in [0.717, 1.165) is 41.3 Å². The van der Waals surface area contributed by atoms with E-state index in [1.165, 1.54) is 0 Å². The third-order valence-electron chi connectivity index (χ3n) is 5.73. The summed E-state index contributed by atoms with van der Waals surface area (Å²) in [5, 5.41) is 4.61. The summed E-state index contributed by atoms with van der Waals surface area (Å²) >= 11 is 0. The zero-order chi connectivity index (χ0) is 22.7. The molecule has 3 heterocycles. The normalized spacial score (nSPS) is 15.1. The van der Waals surface area contributed by atoms with Gasteiger partial charge in [-0.3, -0.25) is 14.5 Å². The van der Waals surface area contributed by atoms with Crippen LogP contribution in [-0.2, 0) is 16.0 Å². The summed E-state index contributed by atoms with van der Waals surface area (Å²) in [7, 11) is 3.54. The molecule has 9 nitrogen and oxygen atoms in total. The molecule has 2 amide bonds. The fourth-order valence-corrected chi connectivity index (χ4v) is 3.90. The summed E-state index contributed by atoms with van der Waals surface area (Å²) < 4.78 is 1.73. The highest BCUT2D eigenvalue weighted by molar-refractivity contribution is 5.79. The number of carbonyl (C=O) groups excluding carboxylic acids is 2. The summed E-state index contributed by atoms with van der Waals surface area (Å²) in [4.78, 5) is 39.7. The van der Waals surface area contributed by atoms with Crippen LogP contribution in [0.3, 0.4) is 0 Å². The second kappa shape index (κ2) is 9.55.